The lowest BCUT2D eigenvalue weighted by atomic mass is 9.97. The van der Waals surface area contributed by atoms with Crippen LogP contribution in [-0.2, 0) is 13.1 Å². The van der Waals surface area contributed by atoms with E-state index < -0.39 is 47.4 Å². The summed E-state index contributed by atoms with van der Waals surface area (Å²) in [7, 11) is 0. The lowest BCUT2D eigenvalue weighted by Crippen LogP contribution is -2.42. The number of aryl methyl sites for hydroxylation is 2. The van der Waals surface area contributed by atoms with Gasteiger partial charge in [-0.15, -0.1) is 11.3 Å². The fourth-order valence-electron chi connectivity index (χ4n) is 3.20. The third kappa shape index (κ3) is 6.24. The number of carbonyl (C=O) groups is 1. The van der Waals surface area contributed by atoms with Crippen LogP contribution in [-0.4, -0.2) is 43.3 Å². The predicted octanol–water partition coefficient (Wildman–Crippen LogP) is 4.64. The second-order valence-electron chi connectivity index (χ2n) is 10.0. The molecule has 8 nitrogen and oxygen atoms in total. The summed E-state index contributed by atoms with van der Waals surface area (Å²) < 4.78 is 40.8. The molecule has 0 unspecified atom stereocenters. The zero-order chi connectivity index (χ0) is 25.5. The molecule has 2 aromatic rings. The van der Waals surface area contributed by atoms with Crippen LogP contribution < -0.4 is 11.2 Å². The zero-order valence-electron chi connectivity index (χ0n) is 19.7. The van der Waals surface area contributed by atoms with Crippen molar-refractivity contribution in [1.82, 2.24) is 14.1 Å². The minimum absolute atomic E-state index is 0.0299. The van der Waals surface area contributed by atoms with Crippen molar-refractivity contribution in [2.45, 2.75) is 79.7 Å². The minimum atomic E-state index is -4.48. The predicted molar refractivity (Wildman–Crippen MR) is 122 cm³/mol. The summed E-state index contributed by atoms with van der Waals surface area (Å²) in [5.74, 6) is 0. The smallest absolute Gasteiger partial charge is 0.428 e. The number of aromatic nitrogens is 2. The Morgan fingerprint density at radius 1 is 1.12 bits per heavy atom. The Morgan fingerprint density at radius 3 is 2.15 bits per heavy atom. The second kappa shape index (κ2) is 8.96. The van der Waals surface area contributed by atoms with Crippen molar-refractivity contribution in [2.24, 2.45) is 10.5 Å². The Kier molecular flexibility index (Phi) is 7.23. The SMILES string of the molecule is Cc1c(C=NN(C(=O)O)C(C)(C)C)sc2c1c(=O)n(CC(C)(C)C)c(=O)n2CCC(F)(F)F. The van der Waals surface area contributed by atoms with Gasteiger partial charge in [-0.25, -0.2) is 9.59 Å². The van der Waals surface area contributed by atoms with Gasteiger partial charge in [0.1, 0.15) is 4.83 Å². The molecule has 0 saturated heterocycles. The number of thiophene rings is 1. The highest BCUT2D eigenvalue weighted by Gasteiger charge is 2.30. The maximum Gasteiger partial charge on any atom is 0.428 e. The van der Waals surface area contributed by atoms with E-state index in [1.54, 1.807) is 27.7 Å². The quantitative estimate of drug-likeness (QED) is 0.488. The number of fused-ring (bicyclic) bond motifs is 1. The first-order valence-electron chi connectivity index (χ1n) is 10.2. The molecule has 33 heavy (non-hydrogen) atoms. The van der Waals surface area contributed by atoms with Crippen LogP contribution in [0.1, 0.15) is 58.4 Å². The highest BCUT2D eigenvalue weighted by molar-refractivity contribution is 7.20. The molecule has 0 aromatic carbocycles. The topological polar surface area (TPSA) is 96.9 Å². The van der Waals surface area contributed by atoms with Gasteiger partial charge >= 0.3 is 18.0 Å². The molecular formula is C21H29F3N4O4S. The Balaban J connectivity index is 2.78. The third-order valence-electron chi connectivity index (χ3n) is 4.69. The maximum atomic E-state index is 13.2. The van der Waals surface area contributed by atoms with Crippen molar-refractivity contribution >= 4 is 33.9 Å². The first kappa shape index (κ1) is 26.6. The van der Waals surface area contributed by atoms with Gasteiger partial charge in [0.05, 0.1) is 28.4 Å². The molecule has 1 amide bonds. The molecule has 0 aliphatic rings. The van der Waals surface area contributed by atoms with Gasteiger partial charge in [0.15, 0.2) is 0 Å². The van der Waals surface area contributed by atoms with E-state index in [0.29, 0.717) is 10.4 Å². The minimum Gasteiger partial charge on any atom is -0.464 e. The lowest BCUT2D eigenvalue weighted by molar-refractivity contribution is -0.136. The van der Waals surface area contributed by atoms with Crippen molar-refractivity contribution in [3.63, 3.8) is 0 Å². The highest BCUT2D eigenvalue weighted by atomic mass is 32.1. The molecule has 0 saturated carbocycles. The average molecular weight is 491 g/mol. The Hall–Kier alpha value is -2.63. The van der Waals surface area contributed by atoms with Crippen molar-refractivity contribution in [2.75, 3.05) is 0 Å². The van der Waals surface area contributed by atoms with Crippen LogP contribution in [0.4, 0.5) is 18.0 Å². The summed E-state index contributed by atoms with van der Waals surface area (Å²) in [4.78, 5) is 38.3. The van der Waals surface area contributed by atoms with Gasteiger partial charge in [-0.1, -0.05) is 20.8 Å². The largest absolute Gasteiger partial charge is 0.464 e. The van der Waals surface area contributed by atoms with Gasteiger partial charge in [-0.05, 0) is 38.7 Å². The van der Waals surface area contributed by atoms with E-state index in [1.807, 2.05) is 20.8 Å². The number of halogens is 3. The highest BCUT2D eigenvalue weighted by Crippen LogP contribution is 2.29. The van der Waals surface area contributed by atoms with E-state index in [-0.39, 0.29) is 16.8 Å². The average Bonchev–Trinajstić information content (AvgIpc) is 2.92. The maximum absolute atomic E-state index is 13.2. The van der Waals surface area contributed by atoms with E-state index >= 15 is 0 Å². The number of alkyl halides is 3. The molecule has 0 radical (unpaired) electrons. The molecule has 12 heteroatoms. The zero-order valence-corrected chi connectivity index (χ0v) is 20.5. The number of rotatable bonds is 5. The summed E-state index contributed by atoms with van der Waals surface area (Å²) >= 11 is 0.934. The molecule has 2 heterocycles. The Morgan fingerprint density at radius 2 is 1.70 bits per heavy atom. The van der Waals surface area contributed by atoms with Gasteiger partial charge in [-0.3, -0.25) is 13.9 Å². The van der Waals surface area contributed by atoms with Crippen LogP contribution in [0.15, 0.2) is 14.7 Å². The monoisotopic (exact) mass is 490 g/mol. The summed E-state index contributed by atoms with van der Waals surface area (Å²) in [5.41, 5.74) is -2.29. The van der Waals surface area contributed by atoms with Crippen LogP contribution in [0.25, 0.3) is 10.2 Å². The Bertz CT molecular complexity index is 1190. The number of carboxylic acid groups (broad SMARTS) is 1. The molecule has 0 atom stereocenters. The standard InChI is InChI=1S/C21H29F3N4O4S/c1-12-13(10-25-28(18(31)32)20(5,6)7)33-16-14(12)15(29)27(11-19(2,3)4)17(30)26(16)9-8-21(22,23)24/h10H,8-9,11H2,1-7H3,(H,31,32). The van der Waals surface area contributed by atoms with Crippen LogP contribution in [0.3, 0.4) is 0 Å². The van der Waals surface area contributed by atoms with Gasteiger partial charge in [0, 0.05) is 13.1 Å². The number of hydrazone groups is 1. The normalized spacial score (nSPS) is 13.3. The van der Waals surface area contributed by atoms with Gasteiger partial charge in [0.25, 0.3) is 5.56 Å². The van der Waals surface area contributed by atoms with E-state index in [4.69, 9.17) is 0 Å². The lowest BCUT2D eigenvalue weighted by Gasteiger charge is -2.27. The fraction of sp³-hybridized carbons (Fsp3) is 0.619. The Labute approximate surface area is 192 Å². The van der Waals surface area contributed by atoms with Crippen LogP contribution in [0.5, 0.6) is 0 Å². The molecule has 2 aromatic heterocycles. The molecular weight excluding hydrogens is 461 g/mol. The molecule has 2 rings (SSSR count). The van der Waals surface area contributed by atoms with Crippen molar-refractivity contribution in [3.8, 4) is 0 Å². The van der Waals surface area contributed by atoms with Gasteiger partial charge in [0.2, 0.25) is 0 Å². The summed E-state index contributed by atoms with van der Waals surface area (Å²) in [6, 6.07) is 0. The molecule has 0 aliphatic heterocycles. The summed E-state index contributed by atoms with van der Waals surface area (Å²) in [6.07, 6.45) is -5.74. The number of hydrogen-bond acceptors (Lipinski definition) is 5. The number of nitrogens with zero attached hydrogens (tertiary/aromatic N) is 4. The van der Waals surface area contributed by atoms with E-state index in [0.717, 1.165) is 25.5 Å². The van der Waals surface area contributed by atoms with E-state index in [1.165, 1.54) is 6.21 Å². The van der Waals surface area contributed by atoms with E-state index in [2.05, 4.69) is 5.10 Å². The van der Waals surface area contributed by atoms with Crippen LogP contribution in [0, 0.1) is 12.3 Å². The molecule has 0 fully saturated rings. The molecule has 0 bridgehead atoms. The first-order valence-corrected chi connectivity index (χ1v) is 11.1. The second-order valence-corrected chi connectivity index (χ2v) is 11.1. The van der Waals surface area contributed by atoms with Crippen molar-refractivity contribution in [3.05, 3.63) is 31.3 Å². The summed E-state index contributed by atoms with van der Waals surface area (Å²) in [5, 5.41) is 14.4. The molecule has 0 aliphatic carbocycles. The molecule has 1 N–H and O–H groups in total. The number of amides is 1. The number of hydrogen-bond donors (Lipinski definition) is 1. The van der Waals surface area contributed by atoms with Crippen LogP contribution in [0.2, 0.25) is 0 Å². The molecule has 0 spiro atoms. The van der Waals surface area contributed by atoms with E-state index in [9.17, 15) is 32.7 Å². The molecule has 184 valence electrons. The van der Waals surface area contributed by atoms with Gasteiger partial charge < -0.3 is 5.11 Å². The third-order valence-corrected chi connectivity index (χ3v) is 5.94. The van der Waals surface area contributed by atoms with Gasteiger partial charge in [-0.2, -0.15) is 23.3 Å². The first-order chi connectivity index (χ1) is 14.8. The van der Waals surface area contributed by atoms with Crippen LogP contribution >= 0.6 is 11.3 Å². The van der Waals surface area contributed by atoms with Crippen molar-refractivity contribution in [1.29, 1.82) is 0 Å². The summed E-state index contributed by atoms with van der Waals surface area (Å²) in [6.45, 7) is 11.4. The van der Waals surface area contributed by atoms with Crippen molar-refractivity contribution < 1.29 is 23.1 Å². The fourth-order valence-corrected chi connectivity index (χ4v) is 4.39.